The third-order valence-electron chi connectivity index (χ3n) is 3.14. The fourth-order valence-corrected chi connectivity index (χ4v) is 2.17. The van der Waals surface area contributed by atoms with Gasteiger partial charge in [-0.05, 0) is 6.07 Å². The van der Waals surface area contributed by atoms with E-state index in [0.29, 0.717) is 18.8 Å². The molecule has 1 aromatic rings. The van der Waals surface area contributed by atoms with Crippen LogP contribution in [0.2, 0.25) is 0 Å². The molecule has 0 radical (unpaired) electrons. The Labute approximate surface area is 123 Å². The maximum absolute atomic E-state index is 12.4. The van der Waals surface area contributed by atoms with Crippen LogP contribution in [-0.4, -0.2) is 43.2 Å². The second kappa shape index (κ2) is 6.52. The number of benzene rings is 1. The van der Waals surface area contributed by atoms with Crippen LogP contribution in [-0.2, 0) is 9.53 Å². The molecular formula is C12H13F2N3O5. The molecule has 2 rings (SSSR count). The third kappa shape index (κ3) is 3.39. The predicted octanol–water partition coefficient (Wildman–Crippen LogP) is 0.887. The van der Waals surface area contributed by atoms with Gasteiger partial charge in [0.1, 0.15) is 6.04 Å². The summed E-state index contributed by atoms with van der Waals surface area (Å²) in [6.45, 7) is -2.55. The fraction of sp³-hybridized carbons (Fsp3) is 0.417. The van der Waals surface area contributed by atoms with Gasteiger partial charge in [-0.15, -0.1) is 0 Å². The number of hydrogen-bond acceptors (Lipinski definition) is 6. The number of nitro benzene ring substituents is 1. The first-order valence-electron chi connectivity index (χ1n) is 6.27. The molecule has 10 heteroatoms. The first kappa shape index (κ1) is 15.9. The molecule has 1 aliphatic heterocycles. The molecule has 1 aliphatic rings. The number of carbonyl (C=O) groups is 1. The van der Waals surface area contributed by atoms with E-state index in [4.69, 9.17) is 10.5 Å². The van der Waals surface area contributed by atoms with E-state index < -0.39 is 34.9 Å². The van der Waals surface area contributed by atoms with Crippen molar-refractivity contribution >= 4 is 17.3 Å². The number of morpholine rings is 1. The number of rotatable bonds is 5. The van der Waals surface area contributed by atoms with Gasteiger partial charge in [-0.3, -0.25) is 14.9 Å². The Morgan fingerprint density at radius 3 is 2.86 bits per heavy atom. The lowest BCUT2D eigenvalue weighted by molar-refractivity contribution is -0.386. The molecule has 1 atom stereocenters. The van der Waals surface area contributed by atoms with Crippen LogP contribution < -0.4 is 15.4 Å². The molecule has 2 N–H and O–H groups in total. The van der Waals surface area contributed by atoms with E-state index in [2.05, 4.69) is 4.74 Å². The van der Waals surface area contributed by atoms with Gasteiger partial charge in [-0.25, -0.2) is 0 Å². The van der Waals surface area contributed by atoms with Crippen molar-refractivity contribution in [2.24, 2.45) is 5.73 Å². The topological polar surface area (TPSA) is 108 Å². The van der Waals surface area contributed by atoms with Crippen LogP contribution in [0.4, 0.5) is 20.2 Å². The number of ether oxygens (including phenoxy) is 2. The van der Waals surface area contributed by atoms with E-state index >= 15 is 0 Å². The maximum atomic E-state index is 12.4. The van der Waals surface area contributed by atoms with Crippen LogP contribution in [0.1, 0.15) is 0 Å². The molecule has 0 bridgehead atoms. The van der Waals surface area contributed by atoms with Gasteiger partial charge in [-0.2, -0.15) is 8.78 Å². The highest BCUT2D eigenvalue weighted by Crippen LogP contribution is 2.33. The Morgan fingerprint density at radius 1 is 1.55 bits per heavy atom. The van der Waals surface area contributed by atoms with Crippen molar-refractivity contribution in [1.29, 1.82) is 0 Å². The minimum Gasteiger partial charge on any atom is -0.427 e. The summed E-state index contributed by atoms with van der Waals surface area (Å²) in [6.07, 6.45) is 0. The van der Waals surface area contributed by atoms with Crippen LogP contribution in [0.3, 0.4) is 0 Å². The van der Waals surface area contributed by atoms with Crippen LogP contribution >= 0.6 is 0 Å². The van der Waals surface area contributed by atoms with Crippen molar-refractivity contribution in [3.63, 3.8) is 0 Å². The zero-order valence-electron chi connectivity index (χ0n) is 11.3. The smallest absolute Gasteiger partial charge is 0.387 e. The number of primary amides is 1. The molecule has 22 heavy (non-hydrogen) atoms. The van der Waals surface area contributed by atoms with Crippen molar-refractivity contribution in [3.05, 3.63) is 28.3 Å². The lowest BCUT2D eigenvalue weighted by Gasteiger charge is -2.35. The Balaban J connectivity index is 2.38. The summed E-state index contributed by atoms with van der Waals surface area (Å²) in [4.78, 5) is 23.0. The molecule has 0 aliphatic carbocycles. The van der Waals surface area contributed by atoms with Gasteiger partial charge < -0.3 is 20.1 Å². The summed E-state index contributed by atoms with van der Waals surface area (Å²) in [6, 6.07) is 2.69. The van der Waals surface area contributed by atoms with E-state index in [1.807, 2.05) is 0 Å². The predicted molar refractivity (Wildman–Crippen MR) is 70.9 cm³/mol. The molecule has 0 spiro atoms. The van der Waals surface area contributed by atoms with Gasteiger partial charge in [0.15, 0.2) is 0 Å². The van der Waals surface area contributed by atoms with E-state index in [-0.39, 0.29) is 6.61 Å². The van der Waals surface area contributed by atoms with Gasteiger partial charge in [0.05, 0.1) is 18.1 Å². The SMILES string of the molecule is NC(=O)C1COCCN1c1ccc([N+](=O)[O-])c(OC(F)F)c1. The van der Waals surface area contributed by atoms with Crippen LogP contribution in [0, 0.1) is 10.1 Å². The Morgan fingerprint density at radius 2 is 2.27 bits per heavy atom. The number of nitrogens with two attached hydrogens (primary N) is 1. The summed E-state index contributed by atoms with van der Waals surface area (Å²) >= 11 is 0. The highest BCUT2D eigenvalue weighted by Gasteiger charge is 2.29. The van der Waals surface area contributed by atoms with Crippen molar-refractivity contribution < 1.29 is 28.0 Å². The number of nitrogens with zero attached hydrogens (tertiary/aromatic N) is 2. The molecule has 1 amide bonds. The molecule has 1 fully saturated rings. The van der Waals surface area contributed by atoms with E-state index in [1.54, 1.807) is 0 Å². The summed E-state index contributed by atoms with van der Waals surface area (Å²) in [5, 5.41) is 10.8. The summed E-state index contributed by atoms with van der Waals surface area (Å²) in [7, 11) is 0. The van der Waals surface area contributed by atoms with Crippen molar-refractivity contribution in [2.45, 2.75) is 12.7 Å². The standard InChI is InChI=1S/C12H13F2N3O5/c13-12(14)22-10-5-7(1-2-8(10)17(19)20)16-3-4-21-6-9(16)11(15)18/h1-2,5,9,12H,3-4,6H2,(H2,15,18). The minimum atomic E-state index is -3.20. The molecular weight excluding hydrogens is 304 g/mol. The Kier molecular flexibility index (Phi) is 4.71. The van der Waals surface area contributed by atoms with Crippen molar-refractivity contribution in [1.82, 2.24) is 0 Å². The summed E-state index contributed by atoms with van der Waals surface area (Å²) < 4.78 is 34.1. The lowest BCUT2D eigenvalue weighted by atomic mass is 10.1. The van der Waals surface area contributed by atoms with Gasteiger partial charge in [0.25, 0.3) is 0 Å². The molecule has 1 heterocycles. The first-order valence-corrected chi connectivity index (χ1v) is 6.27. The number of anilines is 1. The Bertz CT molecular complexity index is 584. The molecule has 1 aromatic carbocycles. The van der Waals surface area contributed by atoms with Gasteiger partial charge >= 0.3 is 12.3 Å². The summed E-state index contributed by atoms with van der Waals surface area (Å²) in [5.74, 6) is -1.22. The number of halogens is 2. The van der Waals surface area contributed by atoms with Gasteiger partial charge in [-0.1, -0.05) is 0 Å². The van der Waals surface area contributed by atoms with E-state index in [9.17, 15) is 23.7 Å². The number of carbonyl (C=O) groups excluding carboxylic acids is 1. The van der Waals surface area contributed by atoms with Crippen molar-refractivity contribution in [3.8, 4) is 5.75 Å². The van der Waals surface area contributed by atoms with Gasteiger partial charge in [0.2, 0.25) is 11.7 Å². The van der Waals surface area contributed by atoms with E-state index in [0.717, 1.165) is 12.1 Å². The summed E-state index contributed by atoms with van der Waals surface area (Å²) in [5.41, 5.74) is 5.00. The van der Waals surface area contributed by atoms with Crippen LogP contribution in [0.5, 0.6) is 5.75 Å². The average molecular weight is 317 g/mol. The van der Waals surface area contributed by atoms with Gasteiger partial charge in [0, 0.05) is 24.4 Å². The van der Waals surface area contributed by atoms with E-state index in [1.165, 1.54) is 11.0 Å². The monoisotopic (exact) mass is 317 g/mol. The molecule has 0 saturated carbocycles. The number of amides is 1. The third-order valence-corrected chi connectivity index (χ3v) is 3.14. The molecule has 1 saturated heterocycles. The molecule has 120 valence electrons. The molecule has 0 aromatic heterocycles. The highest BCUT2D eigenvalue weighted by atomic mass is 19.3. The minimum absolute atomic E-state index is 0.0529. The first-order chi connectivity index (χ1) is 10.4. The van der Waals surface area contributed by atoms with Crippen LogP contribution in [0.25, 0.3) is 0 Å². The normalized spacial score (nSPS) is 18.3. The number of nitro groups is 1. The molecule has 1 unspecified atom stereocenters. The lowest BCUT2D eigenvalue weighted by Crippen LogP contribution is -2.52. The van der Waals surface area contributed by atoms with Crippen molar-refractivity contribution in [2.75, 3.05) is 24.7 Å². The highest BCUT2D eigenvalue weighted by molar-refractivity contribution is 5.84. The second-order valence-electron chi connectivity index (χ2n) is 4.47. The zero-order chi connectivity index (χ0) is 16.3. The molecule has 8 nitrogen and oxygen atoms in total. The maximum Gasteiger partial charge on any atom is 0.387 e. The Hall–Kier alpha value is -2.49. The average Bonchev–Trinajstić information content (AvgIpc) is 2.46. The zero-order valence-corrected chi connectivity index (χ0v) is 11.3. The number of hydrogen-bond donors (Lipinski definition) is 1. The second-order valence-corrected chi connectivity index (χ2v) is 4.47. The fourth-order valence-electron chi connectivity index (χ4n) is 2.17. The van der Waals surface area contributed by atoms with Crippen LogP contribution in [0.15, 0.2) is 18.2 Å². The largest absolute Gasteiger partial charge is 0.427 e. The number of alkyl halides is 2. The quantitative estimate of drug-likeness (QED) is 0.638.